The Kier molecular flexibility index (Phi) is 2.57. The van der Waals surface area contributed by atoms with E-state index in [1.807, 2.05) is 24.3 Å². The smallest absolute Gasteiger partial charge is 0.203 e. The van der Waals surface area contributed by atoms with E-state index in [1.54, 1.807) is 0 Å². The van der Waals surface area contributed by atoms with E-state index in [9.17, 15) is 0 Å². The molecule has 2 aromatic carbocycles. The number of halogens is 1. The summed E-state index contributed by atoms with van der Waals surface area (Å²) in [5.41, 5.74) is 6.69. The molecule has 0 atom stereocenters. The lowest BCUT2D eigenvalue weighted by atomic mass is 10.1. The molecule has 84 valence electrons. The van der Waals surface area contributed by atoms with E-state index in [-0.39, 0.29) is 0 Å². The lowest BCUT2D eigenvalue weighted by Gasteiger charge is -2.05. The summed E-state index contributed by atoms with van der Waals surface area (Å²) < 4.78 is 1.05. The van der Waals surface area contributed by atoms with Crippen LogP contribution in [0.5, 0.6) is 0 Å². The summed E-state index contributed by atoms with van der Waals surface area (Å²) in [7, 11) is 0. The van der Waals surface area contributed by atoms with Crippen LogP contribution >= 0.6 is 27.3 Å². The Morgan fingerprint density at radius 3 is 2.53 bits per heavy atom. The number of benzene rings is 2. The van der Waals surface area contributed by atoms with Gasteiger partial charge in [0, 0.05) is 15.4 Å². The van der Waals surface area contributed by atoms with E-state index >= 15 is 0 Å². The number of nitrogen functional groups attached to an aromatic ring is 1. The first-order valence-corrected chi connectivity index (χ1v) is 6.63. The van der Waals surface area contributed by atoms with Crippen molar-refractivity contribution in [2.45, 2.75) is 0 Å². The van der Waals surface area contributed by atoms with Gasteiger partial charge in [0.05, 0.1) is 0 Å². The Hall–Kier alpha value is -1.46. The average Bonchev–Trinajstić information content (AvgIpc) is 2.75. The van der Waals surface area contributed by atoms with Gasteiger partial charge < -0.3 is 5.73 Å². The summed E-state index contributed by atoms with van der Waals surface area (Å²) in [4.78, 5) is 0. The predicted molar refractivity (Wildman–Crippen MR) is 75.0 cm³/mol. The maximum Gasteiger partial charge on any atom is 0.203 e. The molecule has 0 aliphatic heterocycles. The lowest BCUT2D eigenvalue weighted by Crippen LogP contribution is -1.82. The number of rotatable bonds is 1. The van der Waals surface area contributed by atoms with Crippen molar-refractivity contribution in [1.82, 2.24) is 10.2 Å². The third-order valence-electron chi connectivity index (χ3n) is 2.52. The van der Waals surface area contributed by atoms with Gasteiger partial charge in [-0.2, -0.15) is 0 Å². The summed E-state index contributed by atoms with van der Waals surface area (Å²) >= 11 is 4.98. The third-order valence-corrected chi connectivity index (χ3v) is 3.97. The third kappa shape index (κ3) is 1.81. The molecule has 0 bridgehead atoms. The van der Waals surface area contributed by atoms with Gasteiger partial charge in [0.1, 0.15) is 5.01 Å². The number of hydrogen-bond acceptors (Lipinski definition) is 4. The van der Waals surface area contributed by atoms with E-state index in [0.29, 0.717) is 5.13 Å². The van der Waals surface area contributed by atoms with Crippen molar-refractivity contribution in [2.24, 2.45) is 0 Å². The number of anilines is 1. The molecular formula is C12H8BrN3S. The molecule has 17 heavy (non-hydrogen) atoms. The maximum atomic E-state index is 5.63. The molecular weight excluding hydrogens is 298 g/mol. The number of nitrogens with two attached hydrogens (primary N) is 1. The van der Waals surface area contributed by atoms with Crippen molar-refractivity contribution in [3.05, 3.63) is 40.9 Å². The standard InChI is InChI=1S/C12H8BrN3S/c13-9-6-2-4-7-3-1-5-8(10(7)9)11-15-16-12(14)17-11/h1-6H,(H2,14,16). The molecule has 0 spiro atoms. The Labute approximate surface area is 110 Å². The Bertz CT molecular complexity index is 688. The van der Waals surface area contributed by atoms with Gasteiger partial charge in [0.2, 0.25) is 5.13 Å². The first-order valence-electron chi connectivity index (χ1n) is 5.02. The maximum absolute atomic E-state index is 5.63. The van der Waals surface area contributed by atoms with Crippen LogP contribution in [0.3, 0.4) is 0 Å². The fourth-order valence-electron chi connectivity index (χ4n) is 1.82. The van der Waals surface area contributed by atoms with Crippen LogP contribution in [-0.2, 0) is 0 Å². The first kappa shape index (κ1) is 10.7. The molecule has 1 aromatic heterocycles. The van der Waals surface area contributed by atoms with Crippen molar-refractivity contribution in [3.8, 4) is 10.6 Å². The number of nitrogens with zero attached hydrogens (tertiary/aromatic N) is 2. The van der Waals surface area contributed by atoms with Crippen molar-refractivity contribution in [1.29, 1.82) is 0 Å². The molecule has 0 saturated heterocycles. The molecule has 0 unspecified atom stereocenters. The fourth-order valence-corrected chi connectivity index (χ4v) is 3.05. The lowest BCUT2D eigenvalue weighted by molar-refractivity contribution is 1.10. The zero-order valence-electron chi connectivity index (χ0n) is 8.72. The SMILES string of the molecule is Nc1nnc(-c2cccc3cccc(Br)c23)s1. The topological polar surface area (TPSA) is 51.8 Å². The summed E-state index contributed by atoms with van der Waals surface area (Å²) in [6.07, 6.45) is 0. The highest BCUT2D eigenvalue weighted by Crippen LogP contribution is 2.35. The molecule has 0 saturated carbocycles. The second kappa shape index (κ2) is 4.09. The van der Waals surface area contributed by atoms with E-state index in [2.05, 4.69) is 38.3 Å². The normalized spacial score (nSPS) is 10.9. The van der Waals surface area contributed by atoms with E-state index in [4.69, 9.17) is 5.73 Å². The Morgan fingerprint density at radius 1 is 1.06 bits per heavy atom. The summed E-state index contributed by atoms with van der Waals surface area (Å²) in [5, 5.41) is 11.6. The molecule has 3 aromatic rings. The molecule has 0 aliphatic carbocycles. The second-order valence-electron chi connectivity index (χ2n) is 3.59. The molecule has 0 aliphatic rings. The van der Waals surface area contributed by atoms with Gasteiger partial charge in [-0.15, -0.1) is 10.2 Å². The van der Waals surface area contributed by atoms with Crippen LogP contribution < -0.4 is 5.73 Å². The molecule has 5 heteroatoms. The zero-order valence-corrected chi connectivity index (χ0v) is 11.1. The van der Waals surface area contributed by atoms with Gasteiger partial charge in [0.25, 0.3) is 0 Å². The van der Waals surface area contributed by atoms with Gasteiger partial charge in [-0.3, -0.25) is 0 Å². The van der Waals surface area contributed by atoms with Crippen LogP contribution in [0.15, 0.2) is 40.9 Å². The summed E-state index contributed by atoms with van der Waals surface area (Å²) in [5.74, 6) is 0. The quantitative estimate of drug-likeness (QED) is 0.746. The summed E-state index contributed by atoms with van der Waals surface area (Å²) in [6.45, 7) is 0. The zero-order chi connectivity index (χ0) is 11.8. The van der Waals surface area contributed by atoms with E-state index < -0.39 is 0 Å². The highest BCUT2D eigenvalue weighted by Gasteiger charge is 2.10. The Morgan fingerprint density at radius 2 is 1.82 bits per heavy atom. The van der Waals surface area contributed by atoms with Gasteiger partial charge in [-0.1, -0.05) is 57.6 Å². The minimum atomic E-state index is 0.490. The largest absolute Gasteiger partial charge is 0.374 e. The molecule has 0 fully saturated rings. The molecule has 2 N–H and O–H groups in total. The van der Waals surface area contributed by atoms with Gasteiger partial charge >= 0.3 is 0 Å². The molecule has 0 radical (unpaired) electrons. The molecule has 0 amide bonds. The van der Waals surface area contributed by atoms with E-state index in [0.717, 1.165) is 20.4 Å². The predicted octanol–water partition coefficient (Wildman–Crippen LogP) is 3.70. The monoisotopic (exact) mass is 305 g/mol. The van der Waals surface area contributed by atoms with Crippen molar-refractivity contribution in [3.63, 3.8) is 0 Å². The van der Waals surface area contributed by atoms with Crippen molar-refractivity contribution >= 4 is 43.2 Å². The van der Waals surface area contributed by atoms with E-state index in [1.165, 1.54) is 16.7 Å². The van der Waals surface area contributed by atoms with Gasteiger partial charge in [-0.25, -0.2) is 0 Å². The van der Waals surface area contributed by atoms with Crippen LogP contribution in [0, 0.1) is 0 Å². The Balaban J connectivity index is 2.37. The molecule has 1 heterocycles. The fraction of sp³-hybridized carbons (Fsp3) is 0. The highest BCUT2D eigenvalue weighted by atomic mass is 79.9. The van der Waals surface area contributed by atoms with Crippen LogP contribution in [0.2, 0.25) is 0 Å². The first-order chi connectivity index (χ1) is 8.25. The van der Waals surface area contributed by atoms with Crippen LogP contribution in [0.4, 0.5) is 5.13 Å². The van der Waals surface area contributed by atoms with Crippen LogP contribution in [0.1, 0.15) is 0 Å². The van der Waals surface area contributed by atoms with Gasteiger partial charge in [0.15, 0.2) is 0 Å². The van der Waals surface area contributed by atoms with Crippen LogP contribution in [-0.4, -0.2) is 10.2 Å². The minimum Gasteiger partial charge on any atom is -0.374 e. The number of aromatic nitrogens is 2. The molecule has 3 nitrogen and oxygen atoms in total. The van der Waals surface area contributed by atoms with Crippen LogP contribution in [0.25, 0.3) is 21.3 Å². The number of hydrogen-bond donors (Lipinski definition) is 1. The average molecular weight is 306 g/mol. The van der Waals surface area contributed by atoms with Crippen molar-refractivity contribution < 1.29 is 0 Å². The minimum absolute atomic E-state index is 0.490. The van der Waals surface area contributed by atoms with Gasteiger partial charge in [-0.05, 0) is 11.5 Å². The molecule has 3 rings (SSSR count). The second-order valence-corrected chi connectivity index (χ2v) is 5.45. The highest BCUT2D eigenvalue weighted by molar-refractivity contribution is 9.10. The summed E-state index contributed by atoms with van der Waals surface area (Å²) in [6, 6.07) is 12.2. The number of fused-ring (bicyclic) bond motifs is 1. The van der Waals surface area contributed by atoms with Crippen molar-refractivity contribution in [2.75, 3.05) is 5.73 Å².